The van der Waals surface area contributed by atoms with Crippen molar-refractivity contribution in [3.63, 3.8) is 0 Å². The van der Waals surface area contributed by atoms with Crippen molar-refractivity contribution in [2.75, 3.05) is 5.73 Å². The van der Waals surface area contributed by atoms with Gasteiger partial charge in [0.05, 0.1) is 10.9 Å². The van der Waals surface area contributed by atoms with Gasteiger partial charge in [0, 0.05) is 29.6 Å². The van der Waals surface area contributed by atoms with Gasteiger partial charge in [0.1, 0.15) is 11.3 Å². The Hall–Kier alpha value is -3.26. The molecule has 4 rings (SSSR count). The van der Waals surface area contributed by atoms with Crippen LogP contribution in [0.1, 0.15) is 16.7 Å². The van der Waals surface area contributed by atoms with Crippen molar-refractivity contribution in [3.05, 3.63) is 74.3 Å². The number of benzene rings is 1. The number of nitrogens with two attached hydrogens (primary N) is 1. The van der Waals surface area contributed by atoms with Gasteiger partial charge in [0.15, 0.2) is 11.6 Å². The number of anilines is 1. The molecule has 136 valence electrons. The summed E-state index contributed by atoms with van der Waals surface area (Å²) in [5, 5.41) is 2.52. The van der Waals surface area contributed by atoms with Crippen LogP contribution in [-0.2, 0) is 6.42 Å². The molecular formula is C19H14FN3O3S. The average Bonchev–Trinajstić information content (AvgIpc) is 3.15. The summed E-state index contributed by atoms with van der Waals surface area (Å²) in [6.45, 7) is 1.80. The first kappa shape index (κ1) is 17.2. The van der Waals surface area contributed by atoms with E-state index in [0.29, 0.717) is 28.3 Å². The van der Waals surface area contributed by atoms with Gasteiger partial charge < -0.3 is 14.9 Å². The van der Waals surface area contributed by atoms with Crippen molar-refractivity contribution < 1.29 is 13.5 Å². The summed E-state index contributed by atoms with van der Waals surface area (Å²) in [6, 6.07) is 6.71. The van der Waals surface area contributed by atoms with E-state index in [1.54, 1.807) is 36.0 Å². The third-order valence-corrected chi connectivity index (χ3v) is 4.82. The summed E-state index contributed by atoms with van der Waals surface area (Å²) in [5.41, 5.74) is 8.42. The summed E-state index contributed by atoms with van der Waals surface area (Å²) in [7, 11) is 0. The summed E-state index contributed by atoms with van der Waals surface area (Å²) in [4.78, 5) is 20.3. The lowest BCUT2D eigenvalue weighted by Crippen LogP contribution is -2.12. The number of ether oxygens (including phenoxy) is 1. The minimum Gasteiger partial charge on any atom is -0.438 e. The fourth-order valence-electron chi connectivity index (χ4n) is 2.84. The second-order valence-electron chi connectivity index (χ2n) is 5.93. The van der Waals surface area contributed by atoms with Crippen LogP contribution in [-0.4, -0.2) is 9.97 Å². The number of thiazole rings is 1. The monoisotopic (exact) mass is 383 g/mol. The number of aryl methyl sites for hydroxylation is 1. The quantitative estimate of drug-likeness (QED) is 0.535. The van der Waals surface area contributed by atoms with E-state index in [0.717, 1.165) is 10.9 Å². The van der Waals surface area contributed by atoms with Gasteiger partial charge in [-0.05, 0) is 36.2 Å². The third kappa shape index (κ3) is 3.26. The Balaban J connectivity index is 1.75. The van der Waals surface area contributed by atoms with E-state index >= 15 is 0 Å². The third-order valence-electron chi connectivity index (χ3n) is 4.25. The number of nitrogen functional groups attached to an aromatic ring is 1. The predicted octanol–water partition coefficient (Wildman–Crippen LogP) is 4.06. The molecule has 2 N–H and O–H groups in total. The van der Waals surface area contributed by atoms with E-state index in [2.05, 4.69) is 9.97 Å². The Labute approximate surface area is 157 Å². The van der Waals surface area contributed by atoms with Gasteiger partial charge in [-0.3, -0.25) is 0 Å². The normalized spacial score (nSPS) is 11.0. The number of aromatic nitrogens is 2. The van der Waals surface area contributed by atoms with Gasteiger partial charge in [-0.25, -0.2) is 19.2 Å². The molecule has 0 atom stereocenters. The molecule has 4 aromatic rings. The molecule has 0 saturated carbocycles. The molecule has 0 aliphatic rings. The Kier molecular flexibility index (Phi) is 4.33. The molecular weight excluding hydrogens is 369 g/mol. The van der Waals surface area contributed by atoms with Crippen LogP contribution in [0.5, 0.6) is 11.6 Å². The first-order valence-corrected chi connectivity index (χ1v) is 8.98. The molecule has 0 bridgehead atoms. The lowest BCUT2D eigenvalue weighted by molar-refractivity contribution is 0.464. The second kappa shape index (κ2) is 6.81. The van der Waals surface area contributed by atoms with Crippen molar-refractivity contribution >= 4 is 28.1 Å². The van der Waals surface area contributed by atoms with Crippen LogP contribution in [0.3, 0.4) is 0 Å². The van der Waals surface area contributed by atoms with Crippen LogP contribution in [0.4, 0.5) is 10.2 Å². The minimum absolute atomic E-state index is 0.0692. The molecule has 1 aromatic carbocycles. The Morgan fingerprint density at radius 3 is 2.93 bits per heavy atom. The van der Waals surface area contributed by atoms with Crippen LogP contribution in [0.2, 0.25) is 0 Å². The van der Waals surface area contributed by atoms with E-state index in [4.69, 9.17) is 14.9 Å². The number of rotatable bonds is 4. The zero-order chi connectivity index (χ0) is 19.0. The molecule has 0 spiro atoms. The predicted molar refractivity (Wildman–Crippen MR) is 101 cm³/mol. The maximum absolute atomic E-state index is 14.2. The van der Waals surface area contributed by atoms with Crippen LogP contribution in [0.25, 0.3) is 11.0 Å². The van der Waals surface area contributed by atoms with E-state index in [1.807, 2.05) is 0 Å². The molecule has 0 unspecified atom stereocenters. The molecule has 0 fully saturated rings. The van der Waals surface area contributed by atoms with Crippen LogP contribution < -0.4 is 16.1 Å². The van der Waals surface area contributed by atoms with Gasteiger partial charge in [-0.2, -0.15) is 0 Å². The molecule has 0 amide bonds. The molecule has 3 heterocycles. The number of hydrogen-bond donors (Lipinski definition) is 1. The highest BCUT2D eigenvalue weighted by molar-refractivity contribution is 7.07. The topological polar surface area (TPSA) is 91.2 Å². The number of pyridine rings is 1. The standard InChI is InChI=1S/C19H14FN3O3S/c1-10-13-3-2-12(25-16-8-27-9-23-16)7-15(13)26-19(24)14(10)6-11-4-5-22-18(21)17(11)20/h2-5,7-9H,6H2,1H3,(H2,21,22). The van der Waals surface area contributed by atoms with Gasteiger partial charge in [-0.15, -0.1) is 11.3 Å². The van der Waals surface area contributed by atoms with E-state index in [9.17, 15) is 9.18 Å². The highest BCUT2D eigenvalue weighted by Gasteiger charge is 2.16. The van der Waals surface area contributed by atoms with Crippen molar-refractivity contribution in [2.24, 2.45) is 0 Å². The van der Waals surface area contributed by atoms with E-state index < -0.39 is 11.4 Å². The highest BCUT2D eigenvalue weighted by atomic mass is 32.1. The molecule has 6 nitrogen and oxygen atoms in total. The molecule has 0 aliphatic carbocycles. The molecule has 0 radical (unpaired) electrons. The van der Waals surface area contributed by atoms with E-state index in [1.165, 1.54) is 23.6 Å². The lowest BCUT2D eigenvalue weighted by Gasteiger charge is -2.10. The minimum atomic E-state index is -0.622. The molecule has 3 aromatic heterocycles. The van der Waals surface area contributed by atoms with Crippen molar-refractivity contribution in [3.8, 4) is 11.6 Å². The van der Waals surface area contributed by atoms with Crippen LogP contribution in [0, 0.1) is 12.7 Å². The molecule has 0 saturated heterocycles. The average molecular weight is 383 g/mol. The Morgan fingerprint density at radius 1 is 1.30 bits per heavy atom. The number of nitrogens with zero attached hydrogens (tertiary/aromatic N) is 2. The van der Waals surface area contributed by atoms with E-state index in [-0.39, 0.29) is 12.2 Å². The van der Waals surface area contributed by atoms with Gasteiger partial charge in [0.2, 0.25) is 5.88 Å². The first-order valence-electron chi connectivity index (χ1n) is 8.04. The zero-order valence-corrected chi connectivity index (χ0v) is 15.0. The smallest absolute Gasteiger partial charge is 0.340 e. The summed E-state index contributed by atoms with van der Waals surface area (Å²) in [5.74, 6) is 0.167. The summed E-state index contributed by atoms with van der Waals surface area (Å²) in [6.07, 6.45) is 1.48. The SMILES string of the molecule is Cc1c(Cc2ccnc(N)c2F)c(=O)oc2cc(Oc3cscn3)ccc12. The van der Waals surface area contributed by atoms with Crippen molar-refractivity contribution in [2.45, 2.75) is 13.3 Å². The summed E-state index contributed by atoms with van der Waals surface area (Å²) < 4.78 is 25.2. The Bertz CT molecular complexity index is 1190. The second-order valence-corrected chi connectivity index (χ2v) is 6.64. The molecule has 0 aliphatic heterocycles. The van der Waals surface area contributed by atoms with Gasteiger partial charge in [0.25, 0.3) is 0 Å². The van der Waals surface area contributed by atoms with Gasteiger partial charge >= 0.3 is 5.63 Å². The Morgan fingerprint density at radius 2 is 2.15 bits per heavy atom. The lowest BCUT2D eigenvalue weighted by atomic mass is 10.00. The first-order chi connectivity index (χ1) is 13.0. The highest BCUT2D eigenvalue weighted by Crippen LogP contribution is 2.28. The maximum Gasteiger partial charge on any atom is 0.340 e. The fourth-order valence-corrected chi connectivity index (χ4v) is 3.29. The maximum atomic E-state index is 14.2. The fraction of sp³-hybridized carbons (Fsp3) is 0.105. The van der Waals surface area contributed by atoms with Crippen LogP contribution in [0.15, 0.2) is 50.6 Å². The van der Waals surface area contributed by atoms with Crippen molar-refractivity contribution in [1.82, 2.24) is 9.97 Å². The van der Waals surface area contributed by atoms with Crippen molar-refractivity contribution in [1.29, 1.82) is 0 Å². The number of fused-ring (bicyclic) bond motifs is 1. The molecule has 27 heavy (non-hydrogen) atoms. The number of hydrogen-bond acceptors (Lipinski definition) is 7. The molecule has 8 heteroatoms. The number of halogens is 1. The summed E-state index contributed by atoms with van der Waals surface area (Å²) >= 11 is 1.42. The van der Waals surface area contributed by atoms with Crippen LogP contribution >= 0.6 is 11.3 Å². The largest absolute Gasteiger partial charge is 0.438 e. The van der Waals surface area contributed by atoms with Gasteiger partial charge in [-0.1, -0.05) is 0 Å². The zero-order valence-electron chi connectivity index (χ0n) is 14.2.